The second kappa shape index (κ2) is 7.55. The molecule has 0 radical (unpaired) electrons. The smallest absolute Gasteiger partial charge is 0.326 e. The molecule has 1 saturated heterocycles. The van der Waals surface area contributed by atoms with Crippen molar-refractivity contribution in [3.8, 4) is 0 Å². The van der Waals surface area contributed by atoms with Crippen LogP contribution in [-0.4, -0.2) is 40.8 Å². The van der Waals surface area contributed by atoms with Crippen molar-refractivity contribution < 1.29 is 19.4 Å². The summed E-state index contributed by atoms with van der Waals surface area (Å²) in [6.07, 6.45) is 2.95. The summed E-state index contributed by atoms with van der Waals surface area (Å²) in [5.74, 6) is -1.86. The molecule has 2 heterocycles. The third-order valence-electron chi connectivity index (χ3n) is 3.51. The molecule has 0 spiro atoms. The minimum absolute atomic E-state index is 0.227. The van der Waals surface area contributed by atoms with Crippen LogP contribution in [0.2, 0.25) is 0 Å². The lowest BCUT2D eigenvalue weighted by Gasteiger charge is -2.28. The summed E-state index contributed by atoms with van der Waals surface area (Å²) in [6, 6.07) is 1.91. The van der Waals surface area contributed by atoms with E-state index in [1.807, 2.05) is 0 Å². The van der Waals surface area contributed by atoms with Crippen molar-refractivity contribution in [1.82, 2.24) is 9.88 Å². The first-order valence-corrected chi connectivity index (χ1v) is 7.72. The van der Waals surface area contributed by atoms with Crippen LogP contribution in [0.15, 0.2) is 27.6 Å². The van der Waals surface area contributed by atoms with Gasteiger partial charge in [-0.15, -0.1) is 0 Å². The Kier molecular flexibility index (Phi) is 5.73. The van der Waals surface area contributed by atoms with E-state index in [0.717, 1.165) is 6.42 Å². The quantitative estimate of drug-likeness (QED) is 0.788. The van der Waals surface area contributed by atoms with Crippen molar-refractivity contribution in [3.63, 3.8) is 0 Å². The summed E-state index contributed by atoms with van der Waals surface area (Å²) in [4.78, 5) is 35.1. The number of carboxylic acid groups (broad SMARTS) is 1. The number of rotatable bonds is 5. The molecule has 0 aliphatic carbocycles. The highest BCUT2D eigenvalue weighted by Gasteiger charge is 2.31. The number of aliphatic carboxylic acids is 1. The monoisotopic (exact) mass is 372 g/mol. The number of carboxylic acids is 1. The van der Waals surface area contributed by atoms with Gasteiger partial charge in [0.05, 0.1) is 6.61 Å². The van der Waals surface area contributed by atoms with Gasteiger partial charge >= 0.3 is 5.97 Å². The fourth-order valence-electron chi connectivity index (χ4n) is 2.41. The van der Waals surface area contributed by atoms with Gasteiger partial charge in [0.15, 0.2) is 0 Å². The average Bonchev–Trinajstić information content (AvgIpc) is 2.49. The van der Waals surface area contributed by atoms with Crippen LogP contribution in [0.3, 0.4) is 0 Å². The van der Waals surface area contributed by atoms with Crippen molar-refractivity contribution >= 4 is 27.8 Å². The molecule has 2 unspecified atom stereocenters. The summed E-state index contributed by atoms with van der Waals surface area (Å²) in [5, 5.41) is 11.8. The molecule has 7 nitrogen and oxygen atoms in total. The van der Waals surface area contributed by atoms with Gasteiger partial charge in [-0.1, -0.05) is 0 Å². The Morgan fingerprint density at radius 2 is 2.27 bits per heavy atom. The van der Waals surface area contributed by atoms with Crippen LogP contribution in [0, 0.1) is 5.92 Å². The summed E-state index contributed by atoms with van der Waals surface area (Å²) < 4.78 is 7.15. The highest BCUT2D eigenvalue weighted by atomic mass is 79.9. The van der Waals surface area contributed by atoms with Crippen molar-refractivity contribution in [3.05, 3.63) is 33.2 Å². The van der Waals surface area contributed by atoms with Gasteiger partial charge < -0.3 is 19.7 Å². The number of pyridine rings is 1. The fraction of sp³-hybridized carbons (Fsp3) is 0.500. The molecule has 0 bridgehead atoms. The Bertz CT molecular complexity index is 609. The van der Waals surface area contributed by atoms with Crippen molar-refractivity contribution in [2.24, 2.45) is 5.92 Å². The molecular weight excluding hydrogens is 356 g/mol. The molecule has 0 saturated carbocycles. The van der Waals surface area contributed by atoms with Gasteiger partial charge in [0.2, 0.25) is 5.91 Å². The Labute approximate surface area is 135 Å². The van der Waals surface area contributed by atoms with E-state index >= 15 is 0 Å². The lowest BCUT2D eigenvalue weighted by molar-refractivity contribution is -0.145. The molecule has 2 rings (SSSR count). The fourth-order valence-corrected chi connectivity index (χ4v) is 2.79. The number of hydrogen-bond donors (Lipinski definition) is 2. The molecule has 1 fully saturated rings. The van der Waals surface area contributed by atoms with E-state index in [0.29, 0.717) is 24.1 Å². The SMILES string of the molecule is O=C(Cn1cc(Br)ccc1=O)NC(C(=O)O)C1CCCOC1. The van der Waals surface area contributed by atoms with Gasteiger partial charge in [-0.25, -0.2) is 4.79 Å². The first kappa shape index (κ1) is 16.7. The maximum absolute atomic E-state index is 12.0. The van der Waals surface area contributed by atoms with Gasteiger partial charge in [0, 0.05) is 29.3 Å². The predicted octanol–water partition coefficient (Wildman–Crippen LogP) is 0.607. The van der Waals surface area contributed by atoms with Gasteiger partial charge in [0.1, 0.15) is 12.6 Å². The molecule has 2 atom stereocenters. The maximum atomic E-state index is 12.0. The third kappa shape index (κ3) is 4.41. The first-order valence-electron chi connectivity index (χ1n) is 6.93. The van der Waals surface area contributed by atoms with E-state index in [-0.39, 0.29) is 18.0 Å². The molecule has 120 valence electrons. The number of nitrogens with one attached hydrogen (secondary N) is 1. The van der Waals surface area contributed by atoms with Crippen LogP contribution >= 0.6 is 15.9 Å². The molecule has 2 N–H and O–H groups in total. The minimum Gasteiger partial charge on any atom is -0.480 e. The average molecular weight is 373 g/mol. The van der Waals surface area contributed by atoms with E-state index in [2.05, 4.69) is 21.2 Å². The molecule has 0 aromatic carbocycles. The molecular formula is C14H17BrN2O5. The van der Waals surface area contributed by atoms with E-state index < -0.39 is 17.9 Å². The number of ether oxygens (including phenoxy) is 1. The first-order chi connectivity index (χ1) is 10.5. The van der Waals surface area contributed by atoms with Crippen LogP contribution in [0.5, 0.6) is 0 Å². The van der Waals surface area contributed by atoms with Crippen molar-refractivity contribution in [1.29, 1.82) is 0 Å². The number of nitrogens with zero attached hydrogens (tertiary/aromatic N) is 1. The van der Waals surface area contributed by atoms with E-state index in [1.54, 1.807) is 6.07 Å². The number of carbonyl (C=O) groups excluding carboxylic acids is 1. The molecule has 1 amide bonds. The second-order valence-electron chi connectivity index (χ2n) is 5.17. The molecule has 22 heavy (non-hydrogen) atoms. The van der Waals surface area contributed by atoms with Crippen LogP contribution in [0.25, 0.3) is 0 Å². The Morgan fingerprint density at radius 1 is 1.50 bits per heavy atom. The highest BCUT2D eigenvalue weighted by molar-refractivity contribution is 9.10. The topological polar surface area (TPSA) is 97.6 Å². The molecule has 1 aromatic rings. The number of halogens is 1. The van der Waals surface area contributed by atoms with E-state index in [4.69, 9.17) is 4.74 Å². The Morgan fingerprint density at radius 3 is 2.91 bits per heavy atom. The van der Waals surface area contributed by atoms with E-state index in [9.17, 15) is 19.5 Å². The molecule has 8 heteroatoms. The van der Waals surface area contributed by atoms with Gasteiger partial charge in [-0.3, -0.25) is 9.59 Å². The minimum atomic E-state index is -1.09. The lowest BCUT2D eigenvalue weighted by atomic mass is 9.93. The zero-order valence-corrected chi connectivity index (χ0v) is 13.4. The second-order valence-corrected chi connectivity index (χ2v) is 6.09. The van der Waals surface area contributed by atoms with Gasteiger partial charge in [-0.2, -0.15) is 0 Å². The summed E-state index contributed by atoms with van der Waals surface area (Å²) >= 11 is 3.22. The van der Waals surface area contributed by atoms with Crippen LogP contribution in [-0.2, 0) is 20.9 Å². The maximum Gasteiger partial charge on any atom is 0.326 e. The standard InChI is InChI=1S/C14H17BrN2O5/c15-10-3-4-12(19)17(6-10)7-11(18)16-13(14(20)21)9-2-1-5-22-8-9/h3-4,6,9,13H,1-2,5,7-8H2,(H,16,18)(H,20,21). The number of amides is 1. The normalized spacial score (nSPS) is 19.4. The Balaban J connectivity index is 2.03. The number of aromatic nitrogens is 1. The van der Waals surface area contributed by atoms with E-state index in [1.165, 1.54) is 16.8 Å². The zero-order chi connectivity index (χ0) is 16.1. The van der Waals surface area contributed by atoms with Crippen molar-refractivity contribution in [2.45, 2.75) is 25.4 Å². The molecule has 1 aliphatic rings. The van der Waals surface area contributed by atoms with Crippen LogP contribution < -0.4 is 10.9 Å². The van der Waals surface area contributed by atoms with Gasteiger partial charge in [-0.05, 0) is 34.8 Å². The van der Waals surface area contributed by atoms with Crippen LogP contribution in [0.1, 0.15) is 12.8 Å². The molecule has 1 aliphatic heterocycles. The molecule has 1 aromatic heterocycles. The summed E-state index contributed by atoms with van der Waals surface area (Å²) in [5.41, 5.74) is -0.328. The van der Waals surface area contributed by atoms with Gasteiger partial charge in [0.25, 0.3) is 5.56 Å². The van der Waals surface area contributed by atoms with Crippen molar-refractivity contribution in [2.75, 3.05) is 13.2 Å². The third-order valence-corrected chi connectivity index (χ3v) is 3.98. The van der Waals surface area contributed by atoms with Crippen LogP contribution in [0.4, 0.5) is 0 Å². The summed E-state index contributed by atoms with van der Waals surface area (Å²) in [7, 11) is 0. The summed E-state index contributed by atoms with van der Waals surface area (Å²) in [6.45, 7) is 0.702. The number of hydrogen-bond acceptors (Lipinski definition) is 4. The largest absolute Gasteiger partial charge is 0.480 e. The zero-order valence-electron chi connectivity index (χ0n) is 11.8. The number of carbonyl (C=O) groups is 2. The predicted molar refractivity (Wildman–Crippen MR) is 81.5 cm³/mol. The Hall–Kier alpha value is -1.67. The lowest BCUT2D eigenvalue weighted by Crippen LogP contribution is -2.49. The highest BCUT2D eigenvalue weighted by Crippen LogP contribution is 2.17.